The van der Waals surface area contributed by atoms with Crippen LogP contribution in [0.1, 0.15) is 0 Å². The summed E-state index contributed by atoms with van der Waals surface area (Å²) < 4.78 is 0. The van der Waals surface area contributed by atoms with E-state index in [-0.39, 0.29) is 5.69 Å². The largest absolute Gasteiger partial charge is 0.480 e. The van der Waals surface area contributed by atoms with Crippen molar-refractivity contribution in [3.63, 3.8) is 0 Å². The lowest BCUT2D eigenvalue weighted by atomic mass is 10.2. The molecule has 0 aromatic heterocycles. The summed E-state index contributed by atoms with van der Waals surface area (Å²) in [5.74, 6) is -2.21. The molecule has 8 heteroatoms. The highest BCUT2D eigenvalue weighted by Crippen LogP contribution is 2.22. The zero-order chi connectivity index (χ0) is 14.6. The fourth-order valence-corrected chi connectivity index (χ4v) is 1.68. The van der Waals surface area contributed by atoms with Crippen LogP contribution in [0.3, 0.4) is 0 Å². The van der Waals surface area contributed by atoms with Gasteiger partial charge in [-0.05, 0) is 24.3 Å². The maximum atomic E-state index is 11.9. The van der Waals surface area contributed by atoms with Crippen molar-refractivity contribution in [2.75, 3.05) is 17.2 Å². The second-order valence-electron chi connectivity index (χ2n) is 3.64. The number of carboxylic acids is 1. The average molecular weight is 307 g/mol. The Balaban J connectivity index is 3.22. The Morgan fingerprint density at radius 3 is 2.16 bits per heavy atom. The molecule has 4 N–H and O–H groups in total. The van der Waals surface area contributed by atoms with E-state index in [0.717, 1.165) is 4.90 Å². The number of nitrogen functional groups attached to an aromatic ring is 1. The summed E-state index contributed by atoms with van der Waals surface area (Å²) in [7, 11) is 0. The zero-order valence-electron chi connectivity index (χ0n) is 9.66. The topological polar surface area (TPSA) is 104 Å². The molecule has 0 aliphatic rings. The molecule has 0 bridgehead atoms. The number of nitrogens with zero attached hydrogens (tertiary/aromatic N) is 1. The first-order valence-corrected chi connectivity index (χ1v) is 6.06. The van der Waals surface area contributed by atoms with Crippen molar-refractivity contribution in [2.24, 2.45) is 0 Å². The number of aliphatic hydroxyl groups is 1. The van der Waals surface area contributed by atoms with Gasteiger partial charge in [0.25, 0.3) is 5.91 Å². The fourth-order valence-electron chi connectivity index (χ4n) is 1.47. The summed E-state index contributed by atoms with van der Waals surface area (Å²) in [6.45, 7) is -0.772. The Bertz CT molecular complexity index is 464. The minimum atomic E-state index is -1.48. The normalized spacial score (nSPS) is 12.2. The van der Waals surface area contributed by atoms with Crippen LogP contribution < -0.4 is 10.6 Å². The summed E-state index contributed by atoms with van der Waals surface area (Å²) >= 11 is 11.0. The molecule has 1 aromatic carbocycles. The van der Waals surface area contributed by atoms with Gasteiger partial charge in [-0.2, -0.15) is 0 Å². The molecule has 0 saturated carbocycles. The van der Waals surface area contributed by atoms with E-state index in [1.54, 1.807) is 0 Å². The molecule has 104 valence electrons. The molecule has 0 saturated heterocycles. The summed E-state index contributed by atoms with van der Waals surface area (Å²) in [5, 5.41) is 18.2. The number of hydrogen-bond acceptors (Lipinski definition) is 4. The van der Waals surface area contributed by atoms with Gasteiger partial charge in [0.2, 0.25) is 0 Å². The molecule has 0 aliphatic heterocycles. The van der Waals surface area contributed by atoms with Gasteiger partial charge in [0, 0.05) is 11.4 Å². The van der Waals surface area contributed by atoms with Crippen molar-refractivity contribution >= 4 is 46.5 Å². The van der Waals surface area contributed by atoms with Crippen molar-refractivity contribution in [1.82, 2.24) is 0 Å². The third-order valence-electron chi connectivity index (χ3n) is 2.37. The summed E-state index contributed by atoms with van der Waals surface area (Å²) in [6.07, 6.45) is 0. The molecule has 0 heterocycles. The molecular weight excluding hydrogens is 295 g/mol. The first-order chi connectivity index (χ1) is 8.88. The average Bonchev–Trinajstić information content (AvgIpc) is 2.35. The van der Waals surface area contributed by atoms with E-state index in [0.29, 0.717) is 5.69 Å². The zero-order valence-corrected chi connectivity index (χ0v) is 11.2. The first kappa shape index (κ1) is 15.6. The number of carbonyl (C=O) groups excluding carboxylic acids is 1. The van der Waals surface area contributed by atoms with Gasteiger partial charge in [0.1, 0.15) is 0 Å². The van der Waals surface area contributed by atoms with E-state index >= 15 is 0 Å². The number of rotatable bonds is 5. The van der Waals surface area contributed by atoms with Gasteiger partial charge in [-0.1, -0.05) is 23.2 Å². The Morgan fingerprint density at radius 2 is 1.79 bits per heavy atom. The highest BCUT2D eigenvalue weighted by molar-refractivity contribution is 6.54. The molecule has 1 atom stereocenters. The number of hydrogen-bond donors (Lipinski definition) is 3. The number of carbonyl (C=O) groups is 2. The number of alkyl halides is 2. The van der Waals surface area contributed by atoms with Crippen LogP contribution >= 0.6 is 23.2 Å². The van der Waals surface area contributed by atoms with Crippen molar-refractivity contribution in [3.05, 3.63) is 24.3 Å². The quantitative estimate of drug-likeness (QED) is 0.552. The molecule has 0 radical (unpaired) electrons. The number of halogens is 2. The molecule has 1 aromatic rings. The maximum absolute atomic E-state index is 11.9. The van der Waals surface area contributed by atoms with Gasteiger partial charge < -0.3 is 15.9 Å². The Labute approximate surface area is 119 Å². The molecule has 0 unspecified atom stereocenters. The fraction of sp³-hybridized carbons (Fsp3) is 0.273. The number of nitrogens with two attached hydrogens (primary N) is 1. The smallest absolute Gasteiger partial charge is 0.329 e. The standard InChI is InChI=1S/C11H12Cl2N2O4/c12-9(13)10(17)15(8(5-16)11(18)19)7-3-1-6(14)2-4-7/h1-4,8-9,16H,5,14H2,(H,18,19)/t8-/m0/s1. The predicted molar refractivity (Wildman–Crippen MR) is 72.3 cm³/mol. The van der Waals surface area contributed by atoms with Crippen molar-refractivity contribution < 1.29 is 19.8 Å². The van der Waals surface area contributed by atoms with Gasteiger partial charge >= 0.3 is 5.97 Å². The Hall–Kier alpha value is -1.50. The number of aliphatic hydroxyl groups excluding tert-OH is 1. The van der Waals surface area contributed by atoms with Crippen molar-refractivity contribution in [3.8, 4) is 0 Å². The second-order valence-corrected chi connectivity index (χ2v) is 4.73. The lowest BCUT2D eigenvalue weighted by Gasteiger charge is -2.28. The molecule has 0 spiro atoms. The Morgan fingerprint density at radius 1 is 1.26 bits per heavy atom. The van der Waals surface area contributed by atoms with Crippen LogP contribution in [-0.2, 0) is 9.59 Å². The number of amides is 1. The molecule has 1 rings (SSSR count). The van der Waals surface area contributed by atoms with E-state index in [1.165, 1.54) is 24.3 Å². The van der Waals surface area contributed by atoms with Gasteiger partial charge in [0.05, 0.1) is 6.61 Å². The van der Waals surface area contributed by atoms with E-state index in [4.69, 9.17) is 39.1 Å². The minimum absolute atomic E-state index is 0.229. The van der Waals surface area contributed by atoms with E-state index in [9.17, 15) is 9.59 Å². The van der Waals surface area contributed by atoms with Crippen LogP contribution in [0.5, 0.6) is 0 Å². The van der Waals surface area contributed by atoms with E-state index in [1.807, 2.05) is 0 Å². The van der Waals surface area contributed by atoms with Gasteiger partial charge in [-0.25, -0.2) is 4.79 Å². The molecule has 0 fully saturated rings. The SMILES string of the molecule is Nc1ccc(N(C(=O)C(Cl)Cl)[C@@H](CO)C(=O)O)cc1. The highest BCUT2D eigenvalue weighted by Gasteiger charge is 2.33. The van der Waals surface area contributed by atoms with Crippen LogP contribution in [0.25, 0.3) is 0 Å². The molecular formula is C11H12Cl2N2O4. The molecule has 19 heavy (non-hydrogen) atoms. The van der Waals surface area contributed by atoms with Crippen molar-refractivity contribution in [2.45, 2.75) is 10.9 Å². The summed E-state index contributed by atoms with van der Waals surface area (Å²) in [5.41, 5.74) is 6.18. The van der Waals surface area contributed by atoms with Crippen LogP contribution in [0.15, 0.2) is 24.3 Å². The third-order valence-corrected chi connectivity index (χ3v) is 2.74. The van der Waals surface area contributed by atoms with Crippen LogP contribution in [0.2, 0.25) is 0 Å². The minimum Gasteiger partial charge on any atom is -0.480 e. The summed E-state index contributed by atoms with van der Waals surface area (Å²) in [6, 6.07) is 4.38. The number of anilines is 2. The van der Waals surface area contributed by atoms with Gasteiger partial charge in [-0.3, -0.25) is 9.69 Å². The van der Waals surface area contributed by atoms with Gasteiger partial charge in [0.15, 0.2) is 10.9 Å². The molecule has 0 aliphatic carbocycles. The second kappa shape index (κ2) is 6.60. The monoisotopic (exact) mass is 306 g/mol. The maximum Gasteiger partial charge on any atom is 0.329 e. The van der Waals surface area contributed by atoms with Crippen LogP contribution in [0.4, 0.5) is 11.4 Å². The van der Waals surface area contributed by atoms with E-state index in [2.05, 4.69) is 0 Å². The Kier molecular flexibility index (Phi) is 5.41. The van der Waals surface area contributed by atoms with E-state index < -0.39 is 29.4 Å². The lowest BCUT2D eigenvalue weighted by Crippen LogP contribution is -2.49. The predicted octanol–water partition coefficient (Wildman–Crippen LogP) is 0.851. The van der Waals surface area contributed by atoms with Crippen molar-refractivity contribution in [1.29, 1.82) is 0 Å². The first-order valence-electron chi connectivity index (χ1n) is 5.19. The van der Waals surface area contributed by atoms with Crippen LogP contribution in [0, 0.1) is 0 Å². The molecule has 6 nitrogen and oxygen atoms in total. The third kappa shape index (κ3) is 3.73. The number of benzene rings is 1. The molecule has 1 amide bonds. The highest BCUT2D eigenvalue weighted by atomic mass is 35.5. The number of carboxylic acid groups (broad SMARTS) is 1. The lowest BCUT2D eigenvalue weighted by molar-refractivity contribution is -0.141. The summed E-state index contributed by atoms with van der Waals surface area (Å²) in [4.78, 5) is 22.4. The van der Waals surface area contributed by atoms with Gasteiger partial charge in [-0.15, -0.1) is 0 Å². The van der Waals surface area contributed by atoms with Crippen LogP contribution in [-0.4, -0.2) is 39.6 Å². The number of aliphatic carboxylic acids is 1.